The highest BCUT2D eigenvalue weighted by Gasteiger charge is 2.23. The zero-order chi connectivity index (χ0) is 21.0. The number of nitrogens with zero attached hydrogens (tertiary/aromatic N) is 7. The van der Waals surface area contributed by atoms with Gasteiger partial charge in [0.1, 0.15) is 23.8 Å². The van der Waals surface area contributed by atoms with E-state index in [-0.39, 0.29) is 5.91 Å². The minimum Gasteiger partial charge on any atom is -0.353 e. The molecule has 1 saturated heterocycles. The molecule has 0 spiro atoms. The van der Waals surface area contributed by atoms with Crippen LogP contribution in [0.4, 0.5) is 17.5 Å². The quantitative estimate of drug-likeness (QED) is 0.546. The monoisotopic (exact) mass is 412 g/mol. The molecule has 1 aliphatic heterocycles. The SMILES string of the molecule is O=C(c1ccc2nccnc2c1)N1CCN(c2cc(Nc3ccccn3)ncn2)CC1. The summed E-state index contributed by atoms with van der Waals surface area (Å²) < 4.78 is 0. The van der Waals surface area contributed by atoms with Crippen molar-refractivity contribution in [2.24, 2.45) is 0 Å². The van der Waals surface area contributed by atoms with Crippen LogP contribution in [0.5, 0.6) is 0 Å². The molecule has 1 aromatic carbocycles. The molecule has 3 aromatic heterocycles. The predicted octanol–water partition coefficient (Wildman–Crippen LogP) is 2.52. The highest BCUT2D eigenvalue weighted by atomic mass is 16.2. The lowest BCUT2D eigenvalue weighted by Crippen LogP contribution is -2.49. The van der Waals surface area contributed by atoms with Gasteiger partial charge in [0.2, 0.25) is 0 Å². The number of carbonyl (C=O) groups excluding carboxylic acids is 1. The summed E-state index contributed by atoms with van der Waals surface area (Å²) in [6.45, 7) is 2.62. The van der Waals surface area contributed by atoms with E-state index >= 15 is 0 Å². The number of fused-ring (bicyclic) bond motifs is 1. The molecule has 0 aliphatic carbocycles. The van der Waals surface area contributed by atoms with E-state index in [9.17, 15) is 4.79 Å². The van der Waals surface area contributed by atoms with Crippen molar-refractivity contribution in [3.63, 3.8) is 0 Å². The average molecular weight is 412 g/mol. The maximum absolute atomic E-state index is 13.0. The van der Waals surface area contributed by atoms with Crippen molar-refractivity contribution in [3.05, 3.63) is 72.9 Å². The summed E-state index contributed by atoms with van der Waals surface area (Å²) in [4.78, 5) is 38.5. The Labute approximate surface area is 178 Å². The van der Waals surface area contributed by atoms with Crippen molar-refractivity contribution in [2.75, 3.05) is 36.4 Å². The van der Waals surface area contributed by atoms with Crippen molar-refractivity contribution < 1.29 is 4.79 Å². The van der Waals surface area contributed by atoms with E-state index in [0.29, 0.717) is 37.6 Å². The van der Waals surface area contributed by atoms with E-state index in [0.717, 1.165) is 22.7 Å². The number of pyridine rings is 1. The van der Waals surface area contributed by atoms with Gasteiger partial charge in [-0.3, -0.25) is 14.8 Å². The van der Waals surface area contributed by atoms with E-state index in [1.807, 2.05) is 41.3 Å². The van der Waals surface area contributed by atoms with Crippen LogP contribution in [0, 0.1) is 0 Å². The number of hydrogen-bond acceptors (Lipinski definition) is 8. The first-order valence-electron chi connectivity index (χ1n) is 10.0. The number of aromatic nitrogens is 5. The van der Waals surface area contributed by atoms with Crippen LogP contribution in [-0.4, -0.2) is 61.9 Å². The van der Waals surface area contributed by atoms with E-state index in [4.69, 9.17) is 0 Å². The van der Waals surface area contributed by atoms with Crippen LogP contribution in [0.1, 0.15) is 10.4 Å². The normalized spacial score (nSPS) is 13.9. The van der Waals surface area contributed by atoms with E-state index in [1.54, 1.807) is 24.7 Å². The molecule has 0 saturated carbocycles. The summed E-state index contributed by atoms with van der Waals surface area (Å²) in [5.41, 5.74) is 2.13. The van der Waals surface area contributed by atoms with Gasteiger partial charge in [-0.05, 0) is 30.3 Å². The molecule has 0 unspecified atom stereocenters. The molecule has 9 heteroatoms. The van der Waals surface area contributed by atoms with Gasteiger partial charge in [-0.25, -0.2) is 15.0 Å². The minimum atomic E-state index is 0.00685. The van der Waals surface area contributed by atoms with Gasteiger partial charge >= 0.3 is 0 Å². The fourth-order valence-corrected chi connectivity index (χ4v) is 3.57. The standard InChI is InChI=1S/C22H20N8O/c31-22(16-4-5-17-18(13-16)24-8-7-23-17)30-11-9-29(10-12-30)21-14-20(26-15-27-21)28-19-3-1-2-6-25-19/h1-8,13-15H,9-12H2,(H,25,26,27,28). The second-order valence-electron chi connectivity index (χ2n) is 7.14. The van der Waals surface area contributed by atoms with Crippen molar-refractivity contribution in [2.45, 2.75) is 0 Å². The van der Waals surface area contributed by atoms with Gasteiger partial charge in [-0.15, -0.1) is 0 Å². The Morgan fingerprint density at radius 2 is 1.61 bits per heavy atom. The Morgan fingerprint density at radius 1 is 0.774 bits per heavy atom. The van der Waals surface area contributed by atoms with Crippen molar-refractivity contribution in [1.29, 1.82) is 0 Å². The molecule has 1 fully saturated rings. The maximum atomic E-state index is 13.0. The highest BCUT2D eigenvalue weighted by Crippen LogP contribution is 2.20. The molecule has 5 rings (SSSR count). The van der Waals surface area contributed by atoms with Crippen LogP contribution in [0.2, 0.25) is 0 Å². The first-order chi connectivity index (χ1) is 15.3. The third kappa shape index (κ3) is 4.11. The molecule has 4 heterocycles. The molecule has 1 aliphatic rings. The van der Waals surface area contributed by atoms with Crippen LogP contribution >= 0.6 is 0 Å². The highest BCUT2D eigenvalue weighted by molar-refractivity contribution is 5.97. The molecule has 0 atom stereocenters. The summed E-state index contributed by atoms with van der Waals surface area (Å²) >= 11 is 0. The van der Waals surface area contributed by atoms with Crippen LogP contribution in [0.25, 0.3) is 11.0 Å². The van der Waals surface area contributed by atoms with Gasteiger partial charge in [0.05, 0.1) is 11.0 Å². The molecule has 31 heavy (non-hydrogen) atoms. The molecule has 4 aromatic rings. The maximum Gasteiger partial charge on any atom is 0.254 e. The molecule has 1 amide bonds. The Kier molecular flexibility index (Phi) is 5.05. The number of anilines is 3. The predicted molar refractivity (Wildman–Crippen MR) is 117 cm³/mol. The number of piperazine rings is 1. The lowest BCUT2D eigenvalue weighted by Gasteiger charge is -2.35. The van der Waals surface area contributed by atoms with Crippen LogP contribution < -0.4 is 10.2 Å². The van der Waals surface area contributed by atoms with Gasteiger partial charge in [0, 0.05) is 56.4 Å². The molecular weight excluding hydrogens is 392 g/mol. The van der Waals surface area contributed by atoms with Crippen LogP contribution in [-0.2, 0) is 0 Å². The second kappa shape index (κ2) is 8.31. The first-order valence-corrected chi connectivity index (χ1v) is 10.0. The third-order valence-corrected chi connectivity index (χ3v) is 5.18. The fraction of sp³-hybridized carbons (Fsp3) is 0.182. The molecule has 154 valence electrons. The Bertz CT molecular complexity index is 1210. The smallest absolute Gasteiger partial charge is 0.254 e. The van der Waals surface area contributed by atoms with Gasteiger partial charge in [0.15, 0.2) is 0 Å². The van der Waals surface area contributed by atoms with E-state index in [1.165, 1.54) is 6.33 Å². The summed E-state index contributed by atoms with van der Waals surface area (Å²) in [5.74, 6) is 2.23. The molecule has 0 bridgehead atoms. The van der Waals surface area contributed by atoms with Gasteiger partial charge < -0.3 is 15.1 Å². The van der Waals surface area contributed by atoms with Gasteiger partial charge in [-0.2, -0.15) is 0 Å². The zero-order valence-electron chi connectivity index (χ0n) is 16.7. The molecule has 9 nitrogen and oxygen atoms in total. The lowest BCUT2D eigenvalue weighted by atomic mass is 10.1. The number of benzene rings is 1. The summed E-state index contributed by atoms with van der Waals surface area (Å²) in [6, 6.07) is 13.0. The fourth-order valence-electron chi connectivity index (χ4n) is 3.57. The summed E-state index contributed by atoms with van der Waals surface area (Å²) in [5, 5.41) is 3.18. The number of carbonyl (C=O) groups is 1. The van der Waals surface area contributed by atoms with E-state index < -0.39 is 0 Å². The Balaban J connectivity index is 1.24. The average Bonchev–Trinajstić information content (AvgIpc) is 2.84. The first kappa shape index (κ1) is 18.9. The minimum absolute atomic E-state index is 0.00685. The Hall–Kier alpha value is -4.14. The van der Waals surface area contributed by atoms with Crippen molar-refractivity contribution in [1.82, 2.24) is 29.8 Å². The molecule has 0 radical (unpaired) electrons. The number of rotatable bonds is 4. The lowest BCUT2D eigenvalue weighted by molar-refractivity contribution is 0.0746. The second-order valence-corrected chi connectivity index (χ2v) is 7.14. The van der Waals surface area contributed by atoms with Crippen molar-refractivity contribution in [3.8, 4) is 0 Å². The number of hydrogen-bond donors (Lipinski definition) is 1. The Morgan fingerprint density at radius 3 is 2.42 bits per heavy atom. The van der Waals surface area contributed by atoms with Crippen LogP contribution in [0.15, 0.2) is 67.4 Å². The zero-order valence-corrected chi connectivity index (χ0v) is 16.7. The van der Waals surface area contributed by atoms with Crippen molar-refractivity contribution >= 4 is 34.4 Å². The third-order valence-electron chi connectivity index (χ3n) is 5.18. The molecular formula is C22H20N8O. The molecule has 1 N–H and O–H groups in total. The number of amides is 1. The topological polar surface area (TPSA) is 100 Å². The summed E-state index contributed by atoms with van der Waals surface area (Å²) in [6.07, 6.45) is 6.54. The summed E-state index contributed by atoms with van der Waals surface area (Å²) in [7, 11) is 0. The largest absolute Gasteiger partial charge is 0.353 e. The van der Waals surface area contributed by atoms with Gasteiger partial charge in [0.25, 0.3) is 5.91 Å². The number of nitrogens with one attached hydrogen (secondary N) is 1. The van der Waals surface area contributed by atoms with Crippen LogP contribution in [0.3, 0.4) is 0 Å². The van der Waals surface area contributed by atoms with E-state index in [2.05, 4.69) is 35.1 Å². The van der Waals surface area contributed by atoms with Gasteiger partial charge in [-0.1, -0.05) is 6.07 Å².